The molecule has 0 N–H and O–H groups in total. The molecule has 2 aliphatic heterocycles. The topological polar surface area (TPSA) is 61.5 Å². The zero-order chi connectivity index (χ0) is 20.2. The standard InChI is InChI=1S/C22H24N4O3/c1-22(2,3)26-20(24-10-6-7-11-24)15-12-25(13-16(15)23-26)21(27)19-14-28-17-8-4-5-9-18(17)29-19/h4-11,19H,12-14H2,1-3H3/t19-/m1/s1. The number of carbonyl (C=O) groups is 1. The molecule has 0 bridgehead atoms. The van der Waals surface area contributed by atoms with Gasteiger partial charge in [-0.1, -0.05) is 12.1 Å². The molecule has 0 aliphatic carbocycles. The minimum absolute atomic E-state index is 0.0710. The van der Waals surface area contributed by atoms with Gasteiger partial charge >= 0.3 is 0 Å². The van der Waals surface area contributed by atoms with Crippen LogP contribution in [0.5, 0.6) is 11.5 Å². The SMILES string of the molecule is CC(C)(C)n1nc2c(c1-n1cccc1)CN(C(=O)[C@H]1COc3ccccc3O1)C2. The molecule has 4 heterocycles. The molecular formula is C22H24N4O3. The van der Waals surface area contributed by atoms with Crippen molar-refractivity contribution in [3.8, 4) is 17.3 Å². The van der Waals surface area contributed by atoms with Crippen LogP contribution in [0.1, 0.15) is 32.0 Å². The summed E-state index contributed by atoms with van der Waals surface area (Å²) in [5, 5.41) is 4.86. The number of rotatable bonds is 2. The van der Waals surface area contributed by atoms with Crippen LogP contribution < -0.4 is 9.47 Å². The second-order valence-electron chi connectivity index (χ2n) is 8.48. The zero-order valence-electron chi connectivity index (χ0n) is 16.8. The lowest BCUT2D eigenvalue weighted by molar-refractivity contribution is -0.141. The number of para-hydroxylation sites is 2. The molecule has 7 nitrogen and oxygen atoms in total. The van der Waals surface area contributed by atoms with E-state index in [1.54, 1.807) is 4.90 Å². The van der Waals surface area contributed by atoms with Gasteiger partial charge in [-0.15, -0.1) is 0 Å². The first-order valence-corrected chi connectivity index (χ1v) is 9.84. The molecular weight excluding hydrogens is 368 g/mol. The fraction of sp³-hybridized carbons (Fsp3) is 0.364. The van der Waals surface area contributed by atoms with Gasteiger partial charge in [0.15, 0.2) is 11.5 Å². The molecule has 1 atom stereocenters. The fourth-order valence-electron chi connectivity index (χ4n) is 3.91. The lowest BCUT2D eigenvalue weighted by Crippen LogP contribution is -2.44. The molecule has 3 aromatic rings. The Bertz CT molecular complexity index is 1060. The van der Waals surface area contributed by atoms with Crippen molar-refractivity contribution in [2.75, 3.05) is 6.61 Å². The Labute approximate surface area is 169 Å². The van der Waals surface area contributed by atoms with Crippen molar-refractivity contribution in [2.24, 2.45) is 0 Å². The highest BCUT2D eigenvalue weighted by Crippen LogP contribution is 2.34. The quantitative estimate of drug-likeness (QED) is 0.672. The van der Waals surface area contributed by atoms with Gasteiger partial charge in [-0.05, 0) is 45.0 Å². The molecule has 29 heavy (non-hydrogen) atoms. The Morgan fingerprint density at radius 3 is 2.52 bits per heavy atom. The summed E-state index contributed by atoms with van der Waals surface area (Å²) >= 11 is 0. The summed E-state index contributed by atoms with van der Waals surface area (Å²) in [4.78, 5) is 14.9. The predicted molar refractivity (Wildman–Crippen MR) is 107 cm³/mol. The minimum atomic E-state index is -0.640. The van der Waals surface area contributed by atoms with E-state index in [4.69, 9.17) is 14.6 Å². The maximum Gasteiger partial charge on any atom is 0.267 e. The van der Waals surface area contributed by atoms with Crippen LogP contribution in [0, 0.1) is 0 Å². The lowest BCUT2D eigenvalue weighted by Gasteiger charge is -2.29. The summed E-state index contributed by atoms with van der Waals surface area (Å²) in [5.41, 5.74) is 1.86. The lowest BCUT2D eigenvalue weighted by atomic mass is 10.1. The van der Waals surface area contributed by atoms with Gasteiger partial charge in [-0.3, -0.25) is 4.79 Å². The summed E-state index contributed by atoms with van der Waals surface area (Å²) in [7, 11) is 0. The highest BCUT2D eigenvalue weighted by atomic mass is 16.6. The summed E-state index contributed by atoms with van der Waals surface area (Å²) in [6.07, 6.45) is 3.39. The fourth-order valence-corrected chi connectivity index (χ4v) is 3.91. The zero-order valence-corrected chi connectivity index (χ0v) is 16.8. The van der Waals surface area contributed by atoms with Gasteiger partial charge in [0.2, 0.25) is 6.10 Å². The van der Waals surface area contributed by atoms with Crippen LogP contribution in [-0.4, -0.2) is 37.9 Å². The number of benzene rings is 1. The first kappa shape index (κ1) is 17.8. The maximum atomic E-state index is 13.1. The van der Waals surface area contributed by atoms with Crippen molar-refractivity contribution in [3.05, 3.63) is 60.0 Å². The van der Waals surface area contributed by atoms with E-state index in [1.165, 1.54) is 0 Å². The molecule has 5 rings (SSSR count). The molecule has 0 radical (unpaired) electrons. The molecule has 7 heteroatoms. The largest absolute Gasteiger partial charge is 0.485 e. The Hall–Kier alpha value is -3.22. The number of ether oxygens (including phenoxy) is 2. The Morgan fingerprint density at radius 1 is 1.07 bits per heavy atom. The third kappa shape index (κ3) is 2.97. The molecule has 0 spiro atoms. The predicted octanol–water partition coefficient (Wildman–Crippen LogP) is 3.11. The maximum absolute atomic E-state index is 13.1. The number of fused-ring (bicyclic) bond motifs is 2. The number of hydrogen-bond acceptors (Lipinski definition) is 4. The number of amides is 1. The van der Waals surface area contributed by atoms with Crippen molar-refractivity contribution in [1.29, 1.82) is 0 Å². The summed E-state index contributed by atoms with van der Waals surface area (Å²) in [5.74, 6) is 2.23. The molecule has 0 saturated heterocycles. The first-order valence-electron chi connectivity index (χ1n) is 9.84. The van der Waals surface area contributed by atoms with E-state index < -0.39 is 6.10 Å². The Balaban J connectivity index is 1.41. The monoisotopic (exact) mass is 392 g/mol. The highest BCUT2D eigenvalue weighted by molar-refractivity contribution is 5.82. The van der Waals surface area contributed by atoms with Gasteiger partial charge in [0.1, 0.15) is 12.4 Å². The van der Waals surface area contributed by atoms with E-state index >= 15 is 0 Å². The molecule has 0 fully saturated rings. The average Bonchev–Trinajstić information content (AvgIpc) is 3.42. The van der Waals surface area contributed by atoms with Gasteiger partial charge < -0.3 is 18.9 Å². The molecule has 1 amide bonds. The normalized spacial score (nSPS) is 18.0. The van der Waals surface area contributed by atoms with E-state index in [0.29, 0.717) is 24.6 Å². The van der Waals surface area contributed by atoms with Crippen LogP contribution in [0.2, 0.25) is 0 Å². The third-order valence-corrected chi connectivity index (χ3v) is 5.31. The van der Waals surface area contributed by atoms with Crippen molar-refractivity contribution < 1.29 is 14.3 Å². The Kier molecular flexibility index (Phi) is 3.94. The highest BCUT2D eigenvalue weighted by Gasteiger charge is 2.38. The molecule has 0 unspecified atom stereocenters. The molecule has 0 saturated carbocycles. The van der Waals surface area contributed by atoms with Gasteiger partial charge in [0.25, 0.3) is 5.91 Å². The second-order valence-corrected chi connectivity index (χ2v) is 8.48. The minimum Gasteiger partial charge on any atom is -0.485 e. The Morgan fingerprint density at radius 2 is 1.79 bits per heavy atom. The summed E-state index contributed by atoms with van der Waals surface area (Å²) in [6.45, 7) is 7.62. The van der Waals surface area contributed by atoms with Crippen LogP contribution >= 0.6 is 0 Å². The molecule has 1 aromatic carbocycles. The summed E-state index contributed by atoms with van der Waals surface area (Å²) < 4.78 is 15.8. The molecule has 2 aromatic heterocycles. The smallest absolute Gasteiger partial charge is 0.267 e. The van der Waals surface area contributed by atoms with Gasteiger partial charge in [0.05, 0.1) is 24.3 Å². The molecule has 150 valence electrons. The van der Waals surface area contributed by atoms with Crippen LogP contribution in [0.3, 0.4) is 0 Å². The van der Waals surface area contributed by atoms with E-state index in [1.807, 2.05) is 48.8 Å². The van der Waals surface area contributed by atoms with E-state index in [-0.39, 0.29) is 18.1 Å². The van der Waals surface area contributed by atoms with Gasteiger partial charge in [-0.25, -0.2) is 4.68 Å². The van der Waals surface area contributed by atoms with E-state index in [2.05, 4.69) is 30.0 Å². The number of hydrogen-bond donors (Lipinski definition) is 0. The first-order chi connectivity index (χ1) is 13.9. The van der Waals surface area contributed by atoms with Crippen molar-refractivity contribution in [2.45, 2.75) is 45.5 Å². The average molecular weight is 392 g/mol. The molecule has 2 aliphatic rings. The van der Waals surface area contributed by atoms with Gasteiger partial charge in [0, 0.05) is 18.0 Å². The van der Waals surface area contributed by atoms with Crippen molar-refractivity contribution in [1.82, 2.24) is 19.2 Å². The number of carbonyl (C=O) groups excluding carboxylic acids is 1. The van der Waals surface area contributed by atoms with E-state index in [9.17, 15) is 4.79 Å². The van der Waals surface area contributed by atoms with Crippen LogP contribution in [0.15, 0.2) is 48.8 Å². The number of nitrogens with zero attached hydrogens (tertiary/aromatic N) is 4. The van der Waals surface area contributed by atoms with Crippen LogP contribution in [-0.2, 0) is 23.4 Å². The third-order valence-electron chi connectivity index (χ3n) is 5.31. The van der Waals surface area contributed by atoms with Crippen LogP contribution in [0.25, 0.3) is 5.82 Å². The van der Waals surface area contributed by atoms with E-state index in [0.717, 1.165) is 17.1 Å². The number of aromatic nitrogens is 3. The van der Waals surface area contributed by atoms with Crippen LogP contribution in [0.4, 0.5) is 0 Å². The van der Waals surface area contributed by atoms with Crippen molar-refractivity contribution in [3.63, 3.8) is 0 Å². The summed E-state index contributed by atoms with van der Waals surface area (Å²) in [6, 6.07) is 11.4. The van der Waals surface area contributed by atoms with Gasteiger partial charge in [-0.2, -0.15) is 5.10 Å². The van der Waals surface area contributed by atoms with Crippen molar-refractivity contribution >= 4 is 5.91 Å². The second kappa shape index (κ2) is 6.40.